The van der Waals surface area contributed by atoms with Gasteiger partial charge in [-0.15, -0.1) is 0 Å². The fourth-order valence-electron chi connectivity index (χ4n) is 7.69. The van der Waals surface area contributed by atoms with Gasteiger partial charge in [-0.1, -0.05) is 109 Å². The van der Waals surface area contributed by atoms with Crippen molar-refractivity contribution in [3.63, 3.8) is 0 Å². The molecule has 4 heteroatoms. The Bertz CT molecular complexity index is 2680. The summed E-state index contributed by atoms with van der Waals surface area (Å²) in [5, 5.41) is 11.2. The van der Waals surface area contributed by atoms with Gasteiger partial charge in [-0.3, -0.25) is 0 Å². The fourth-order valence-corrected chi connectivity index (χ4v) is 7.69. The van der Waals surface area contributed by atoms with E-state index in [1.807, 2.05) is 6.07 Å². The van der Waals surface area contributed by atoms with Crippen molar-refractivity contribution in [1.29, 1.82) is 0 Å². The molecule has 0 fully saturated rings. The van der Waals surface area contributed by atoms with Crippen molar-refractivity contribution in [2.24, 2.45) is 0 Å². The summed E-state index contributed by atoms with van der Waals surface area (Å²) in [5.74, 6) is 0. The highest BCUT2D eigenvalue weighted by molar-refractivity contribution is 6.74. The van der Waals surface area contributed by atoms with Gasteiger partial charge >= 0.3 is 0 Å². The summed E-state index contributed by atoms with van der Waals surface area (Å²) in [5.41, 5.74) is 13.9. The van der Waals surface area contributed by atoms with Crippen LogP contribution in [0.5, 0.6) is 0 Å². The predicted octanol–water partition coefficient (Wildman–Crippen LogP) is 9.26. The van der Waals surface area contributed by atoms with Crippen molar-refractivity contribution in [3.05, 3.63) is 139 Å². The smallest absolute Gasteiger partial charge is 0.198 e. The number of rotatable bonds is 3. The number of nitrogens with one attached hydrogen (secondary N) is 1. The van der Waals surface area contributed by atoms with Crippen LogP contribution in [-0.2, 0) is 0 Å². The van der Waals surface area contributed by atoms with Gasteiger partial charge in [-0.05, 0) is 59.2 Å². The molecule has 0 spiro atoms. The molecule has 3 nitrogen and oxygen atoms in total. The molecule has 10 rings (SSSR count). The molecule has 0 bridgehead atoms. The molecule has 45 heavy (non-hydrogen) atoms. The molecular formula is C41H27BN2O. The number of anilines is 2. The summed E-state index contributed by atoms with van der Waals surface area (Å²) in [6.45, 7) is 2.15. The Hall–Kier alpha value is -5.74. The third-order valence-corrected chi connectivity index (χ3v) is 9.74. The number of furan rings is 1. The van der Waals surface area contributed by atoms with Crippen LogP contribution < -0.4 is 16.2 Å². The minimum atomic E-state index is 0.852. The normalized spacial score (nSPS) is 12.3. The largest absolute Gasteiger partial charge is 0.454 e. The van der Waals surface area contributed by atoms with E-state index >= 15 is 0 Å². The lowest BCUT2D eigenvalue weighted by molar-refractivity contribution is 0.670. The van der Waals surface area contributed by atoms with E-state index < -0.39 is 0 Å². The summed E-state index contributed by atoms with van der Waals surface area (Å²) in [6, 6.07) is 48.2. The first-order chi connectivity index (χ1) is 22.2. The molecule has 0 unspecified atom stereocenters. The molecule has 7 aromatic carbocycles. The van der Waals surface area contributed by atoms with Gasteiger partial charge in [0.15, 0.2) is 12.9 Å². The average Bonchev–Trinajstić information content (AvgIpc) is 3.63. The molecule has 210 valence electrons. The predicted molar refractivity (Wildman–Crippen MR) is 192 cm³/mol. The molecule has 0 aliphatic carbocycles. The maximum Gasteiger partial charge on any atom is 0.198 e. The van der Waals surface area contributed by atoms with Gasteiger partial charge < -0.3 is 14.3 Å². The number of benzene rings is 7. The van der Waals surface area contributed by atoms with Crippen molar-refractivity contribution in [1.82, 2.24) is 4.57 Å². The quantitative estimate of drug-likeness (QED) is 0.213. The van der Waals surface area contributed by atoms with Gasteiger partial charge in [0, 0.05) is 49.4 Å². The molecule has 0 saturated heterocycles. The number of para-hydroxylation sites is 4. The monoisotopic (exact) mass is 574 g/mol. The number of aryl methyl sites for hydroxylation is 1. The van der Waals surface area contributed by atoms with E-state index in [9.17, 15) is 0 Å². The highest BCUT2D eigenvalue weighted by Crippen LogP contribution is 2.43. The number of fused-ring (bicyclic) bond motifs is 10. The average molecular weight is 574 g/mol. The molecule has 0 radical (unpaired) electrons. The van der Waals surface area contributed by atoms with Crippen molar-refractivity contribution >= 4 is 84.1 Å². The van der Waals surface area contributed by atoms with Gasteiger partial charge in [0.05, 0.1) is 11.2 Å². The maximum absolute atomic E-state index is 6.67. The minimum Gasteiger partial charge on any atom is -0.454 e. The lowest BCUT2D eigenvalue weighted by Gasteiger charge is -2.26. The number of nitrogens with zero attached hydrogens (tertiary/aromatic N) is 1. The fraction of sp³-hybridized carbons (Fsp3) is 0.0244. The van der Waals surface area contributed by atoms with Gasteiger partial charge in [0.2, 0.25) is 0 Å². The van der Waals surface area contributed by atoms with E-state index in [1.54, 1.807) is 0 Å². The molecule has 1 aliphatic heterocycles. The van der Waals surface area contributed by atoms with Gasteiger partial charge in [-0.2, -0.15) is 0 Å². The van der Waals surface area contributed by atoms with Crippen LogP contribution in [-0.4, -0.2) is 11.8 Å². The Morgan fingerprint density at radius 3 is 2.29 bits per heavy atom. The van der Waals surface area contributed by atoms with E-state index in [0.717, 1.165) is 46.2 Å². The third-order valence-electron chi connectivity index (χ3n) is 9.74. The Labute approximate surface area is 260 Å². The second-order valence-electron chi connectivity index (χ2n) is 12.2. The van der Waals surface area contributed by atoms with Crippen LogP contribution in [0, 0.1) is 6.92 Å². The summed E-state index contributed by atoms with van der Waals surface area (Å²) in [4.78, 5) is 0. The molecule has 0 saturated carbocycles. The zero-order valence-corrected chi connectivity index (χ0v) is 24.8. The van der Waals surface area contributed by atoms with Crippen molar-refractivity contribution < 1.29 is 4.42 Å². The Morgan fingerprint density at radius 1 is 0.622 bits per heavy atom. The lowest BCUT2D eigenvalue weighted by atomic mass is 9.58. The molecular weight excluding hydrogens is 547 g/mol. The van der Waals surface area contributed by atoms with Gasteiger partial charge in [-0.25, -0.2) is 0 Å². The first-order valence-corrected chi connectivity index (χ1v) is 15.6. The van der Waals surface area contributed by atoms with Gasteiger partial charge in [0.1, 0.15) is 5.58 Å². The van der Waals surface area contributed by atoms with E-state index in [4.69, 9.17) is 4.42 Å². The maximum atomic E-state index is 6.67. The molecule has 9 aromatic rings. The summed E-state index contributed by atoms with van der Waals surface area (Å²) < 4.78 is 9.20. The molecule has 1 N–H and O–H groups in total. The first kappa shape index (κ1) is 24.7. The lowest BCUT2D eigenvalue weighted by Crippen LogP contribution is -2.37. The van der Waals surface area contributed by atoms with Crippen LogP contribution in [0.25, 0.3) is 71.3 Å². The number of aromatic nitrogens is 1. The number of hydrogen-bond donors (Lipinski definition) is 1. The molecule has 3 heterocycles. The third kappa shape index (κ3) is 3.42. The van der Waals surface area contributed by atoms with Crippen LogP contribution in [0.2, 0.25) is 0 Å². The SMILES string of the molecule is Cc1ccccc1Nc1c(-c2cc3ccccc3c3c2Bc2cccc4c5ccccc5n-3c24)ccc2c1oc1ccccc12. The second-order valence-corrected chi connectivity index (χ2v) is 12.2. The summed E-state index contributed by atoms with van der Waals surface area (Å²) >= 11 is 0. The standard InChI is InChI=1S/C41H27BN2O/c1-24-11-2-7-18-34(24)43-38-29(21-22-31-28-15-6-9-20-36(28)45-41(31)38)32-23-25-12-3-4-13-26(25)40-37(32)42-33-17-10-16-30-27-14-5-8-19-35(27)44(40)39(30)33/h2-23,42-43H,1H3. The van der Waals surface area contributed by atoms with Crippen molar-refractivity contribution in [2.75, 3.05) is 5.32 Å². The van der Waals surface area contributed by atoms with Crippen LogP contribution >= 0.6 is 0 Å². The van der Waals surface area contributed by atoms with E-state index in [0.29, 0.717) is 0 Å². The Balaban J connectivity index is 1.35. The van der Waals surface area contributed by atoms with Crippen LogP contribution in [0.15, 0.2) is 138 Å². The molecule has 0 amide bonds. The number of hydrogen-bond acceptors (Lipinski definition) is 2. The Kier molecular flexibility index (Phi) is 5.01. The van der Waals surface area contributed by atoms with Crippen molar-refractivity contribution in [2.45, 2.75) is 6.92 Å². The Morgan fingerprint density at radius 2 is 1.38 bits per heavy atom. The van der Waals surface area contributed by atoms with Gasteiger partial charge in [0.25, 0.3) is 0 Å². The zero-order chi connectivity index (χ0) is 29.6. The van der Waals surface area contributed by atoms with Crippen LogP contribution in [0.4, 0.5) is 11.4 Å². The van der Waals surface area contributed by atoms with E-state index in [2.05, 4.69) is 144 Å². The zero-order valence-electron chi connectivity index (χ0n) is 24.8. The summed E-state index contributed by atoms with van der Waals surface area (Å²) in [7, 11) is 0.852. The molecule has 2 aromatic heterocycles. The van der Waals surface area contributed by atoms with E-state index in [1.165, 1.54) is 60.3 Å². The minimum absolute atomic E-state index is 0.852. The highest BCUT2D eigenvalue weighted by Gasteiger charge is 2.28. The topological polar surface area (TPSA) is 30.1 Å². The first-order valence-electron chi connectivity index (χ1n) is 15.6. The molecule has 0 atom stereocenters. The van der Waals surface area contributed by atoms with Crippen molar-refractivity contribution in [3.8, 4) is 16.8 Å². The second kappa shape index (κ2) is 9.14. The highest BCUT2D eigenvalue weighted by atomic mass is 16.3. The van der Waals surface area contributed by atoms with Crippen LogP contribution in [0.1, 0.15) is 5.56 Å². The van der Waals surface area contributed by atoms with Crippen LogP contribution in [0.3, 0.4) is 0 Å². The molecule has 1 aliphatic rings. The summed E-state index contributed by atoms with van der Waals surface area (Å²) in [6.07, 6.45) is 0. The van der Waals surface area contributed by atoms with E-state index in [-0.39, 0.29) is 0 Å².